The van der Waals surface area contributed by atoms with Gasteiger partial charge >= 0.3 is 0 Å². The molecule has 0 heterocycles. The number of carbonyl (C=O) groups excluding carboxylic acids is 1. The molecule has 1 amide bonds. The van der Waals surface area contributed by atoms with Crippen LogP contribution in [0.1, 0.15) is 17.3 Å². The lowest BCUT2D eigenvalue weighted by Gasteiger charge is -2.08. The molecule has 0 spiro atoms. The Morgan fingerprint density at radius 3 is 2.47 bits per heavy atom. The molecule has 0 aromatic heterocycles. The normalized spacial score (nSPS) is 9.95. The summed E-state index contributed by atoms with van der Waals surface area (Å²) in [5.74, 6) is 0.557. The lowest BCUT2D eigenvalue weighted by atomic mass is 10.1. The highest BCUT2D eigenvalue weighted by Gasteiger charge is 2.08. The predicted octanol–water partition coefficient (Wildman–Crippen LogP) is 2.92. The zero-order valence-corrected chi connectivity index (χ0v) is 10.7. The first-order valence-electron chi connectivity index (χ1n) is 6.09. The fourth-order valence-electron chi connectivity index (χ4n) is 1.70. The summed E-state index contributed by atoms with van der Waals surface area (Å²) >= 11 is 0. The second-order valence-corrected chi connectivity index (χ2v) is 4.00. The van der Waals surface area contributed by atoms with Gasteiger partial charge in [0.15, 0.2) is 0 Å². The van der Waals surface area contributed by atoms with Crippen LogP contribution in [-0.4, -0.2) is 12.5 Å². The van der Waals surface area contributed by atoms with Gasteiger partial charge in [0, 0.05) is 11.4 Å². The quantitative estimate of drug-likeness (QED) is 0.827. The molecule has 0 atom stereocenters. The highest BCUT2D eigenvalue weighted by atomic mass is 16.5. The predicted molar refractivity (Wildman–Crippen MR) is 76.4 cm³/mol. The highest BCUT2D eigenvalue weighted by Crippen LogP contribution is 2.18. The third kappa shape index (κ3) is 3.25. The first-order chi connectivity index (χ1) is 9.20. The number of nitrogens with one attached hydrogen (secondary N) is 1. The van der Waals surface area contributed by atoms with E-state index < -0.39 is 0 Å². The van der Waals surface area contributed by atoms with E-state index in [9.17, 15) is 4.79 Å². The van der Waals surface area contributed by atoms with Crippen molar-refractivity contribution in [3.63, 3.8) is 0 Å². The van der Waals surface area contributed by atoms with Crippen molar-refractivity contribution in [3.8, 4) is 5.75 Å². The van der Waals surface area contributed by atoms with Gasteiger partial charge in [-0.15, -0.1) is 0 Å². The van der Waals surface area contributed by atoms with Crippen LogP contribution in [0.2, 0.25) is 0 Å². The molecule has 0 bridgehead atoms. The fraction of sp³-hybridized carbons (Fsp3) is 0.133. The van der Waals surface area contributed by atoms with Gasteiger partial charge in [-0.2, -0.15) is 0 Å². The summed E-state index contributed by atoms with van der Waals surface area (Å²) in [6, 6.07) is 14.2. The number of para-hydroxylation sites is 1. The first kappa shape index (κ1) is 13.0. The number of carbonyl (C=O) groups is 1. The van der Waals surface area contributed by atoms with Crippen LogP contribution in [0, 0.1) is 0 Å². The van der Waals surface area contributed by atoms with Gasteiger partial charge in [-0.05, 0) is 43.3 Å². The number of ether oxygens (including phenoxy) is 1. The number of hydrogen-bond donors (Lipinski definition) is 2. The topological polar surface area (TPSA) is 64.3 Å². The molecule has 98 valence electrons. The van der Waals surface area contributed by atoms with E-state index in [4.69, 9.17) is 10.5 Å². The summed E-state index contributed by atoms with van der Waals surface area (Å²) in [5.41, 5.74) is 7.40. The lowest BCUT2D eigenvalue weighted by Crippen LogP contribution is -2.13. The van der Waals surface area contributed by atoms with Gasteiger partial charge < -0.3 is 15.8 Å². The Morgan fingerprint density at radius 1 is 1.16 bits per heavy atom. The summed E-state index contributed by atoms with van der Waals surface area (Å²) in [4.78, 5) is 12.0. The molecule has 4 heteroatoms. The minimum Gasteiger partial charge on any atom is -0.494 e. The summed E-state index contributed by atoms with van der Waals surface area (Å²) in [6.45, 7) is 2.54. The number of nitrogens with two attached hydrogens (primary N) is 1. The second-order valence-electron chi connectivity index (χ2n) is 4.00. The van der Waals surface area contributed by atoms with E-state index in [-0.39, 0.29) is 5.91 Å². The van der Waals surface area contributed by atoms with Crippen LogP contribution in [0.4, 0.5) is 11.4 Å². The standard InChI is InChI=1S/C15H16N2O2/c1-2-19-12-9-7-11(8-10-12)17-15(18)13-5-3-4-6-14(13)16/h3-10H,2,16H2,1H3,(H,17,18). The number of benzene rings is 2. The summed E-state index contributed by atoms with van der Waals surface area (Å²) < 4.78 is 5.34. The molecular formula is C15H16N2O2. The molecule has 0 unspecified atom stereocenters. The number of rotatable bonds is 4. The molecule has 2 aromatic carbocycles. The Hall–Kier alpha value is -2.49. The minimum absolute atomic E-state index is 0.220. The van der Waals surface area contributed by atoms with Crippen LogP contribution < -0.4 is 15.8 Å². The van der Waals surface area contributed by atoms with Crippen molar-refractivity contribution in [1.82, 2.24) is 0 Å². The SMILES string of the molecule is CCOc1ccc(NC(=O)c2ccccc2N)cc1. The van der Waals surface area contributed by atoms with Crippen molar-refractivity contribution >= 4 is 17.3 Å². The van der Waals surface area contributed by atoms with Crippen LogP contribution in [0.15, 0.2) is 48.5 Å². The number of hydrogen-bond acceptors (Lipinski definition) is 3. The molecule has 0 saturated carbocycles. The Balaban J connectivity index is 2.09. The summed E-state index contributed by atoms with van der Waals surface area (Å²) in [6.07, 6.45) is 0. The number of nitrogen functional groups attached to an aromatic ring is 1. The van der Waals surface area contributed by atoms with E-state index in [0.29, 0.717) is 23.5 Å². The van der Waals surface area contributed by atoms with E-state index in [2.05, 4.69) is 5.32 Å². The molecule has 0 aliphatic rings. The largest absolute Gasteiger partial charge is 0.494 e. The van der Waals surface area contributed by atoms with Crippen molar-refractivity contribution in [3.05, 3.63) is 54.1 Å². The number of anilines is 2. The molecule has 0 aliphatic heterocycles. The second kappa shape index (κ2) is 5.91. The van der Waals surface area contributed by atoms with Crippen LogP contribution in [0.25, 0.3) is 0 Å². The summed E-state index contributed by atoms with van der Waals surface area (Å²) in [5, 5.41) is 2.79. The van der Waals surface area contributed by atoms with Gasteiger partial charge in [-0.1, -0.05) is 12.1 Å². The monoisotopic (exact) mass is 256 g/mol. The van der Waals surface area contributed by atoms with Gasteiger partial charge in [0.2, 0.25) is 0 Å². The zero-order chi connectivity index (χ0) is 13.7. The zero-order valence-electron chi connectivity index (χ0n) is 10.7. The van der Waals surface area contributed by atoms with Crippen LogP contribution >= 0.6 is 0 Å². The molecular weight excluding hydrogens is 240 g/mol. The molecule has 4 nitrogen and oxygen atoms in total. The van der Waals surface area contributed by atoms with Crippen LogP contribution in [-0.2, 0) is 0 Å². The molecule has 0 aliphatic carbocycles. The van der Waals surface area contributed by atoms with Gasteiger partial charge in [0.25, 0.3) is 5.91 Å². The maximum atomic E-state index is 12.0. The van der Waals surface area contributed by atoms with Crippen molar-refractivity contribution < 1.29 is 9.53 Å². The average molecular weight is 256 g/mol. The van der Waals surface area contributed by atoms with Gasteiger partial charge in [-0.3, -0.25) is 4.79 Å². The molecule has 3 N–H and O–H groups in total. The molecule has 19 heavy (non-hydrogen) atoms. The van der Waals surface area contributed by atoms with E-state index >= 15 is 0 Å². The Morgan fingerprint density at radius 2 is 1.84 bits per heavy atom. The maximum absolute atomic E-state index is 12.0. The van der Waals surface area contributed by atoms with E-state index in [1.54, 1.807) is 36.4 Å². The van der Waals surface area contributed by atoms with Crippen molar-refractivity contribution in [1.29, 1.82) is 0 Å². The van der Waals surface area contributed by atoms with Crippen LogP contribution in [0.3, 0.4) is 0 Å². The highest BCUT2D eigenvalue weighted by molar-refractivity contribution is 6.07. The Bertz CT molecular complexity index is 565. The van der Waals surface area contributed by atoms with E-state index in [0.717, 1.165) is 5.75 Å². The number of amides is 1. The Kier molecular flexibility index (Phi) is 4.03. The average Bonchev–Trinajstić information content (AvgIpc) is 2.42. The third-order valence-corrected chi connectivity index (χ3v) is 2.63. The third-order valence-electron chi connectivity index (χ3n) is 2.63. The maximum Gasteiger partial charge on any atom is 0.257 e. The molecule has 0 saturated heterocycles. The molecule has 2 aromatic rings. The van der Waals surface area contributed by atoms with Crippen molar-refractivity contribution in [2.24, 2.45) is 0 Å². The molecule has 0 fully saturated rings. The fourth-order valence-corrected chi connectivity index (χ4v) is 1.70. The van der Waals surface area contributed by atoms with Gasteiger partial charge in [-0.25, -0.2) is 0 Å². The van der Waals surface area contributed by atoms with Crippen molar-refractivity contribution in [2.75, 3.05) is 17.7 Å². The van der Waals surface area contributed by atoms with Gasteiger partial charge in [0.05, 0.1) is 12.2 Å². The lowest BCUT2D eigenvalue weighted by molar-refractivity contribution is 0.102. The smallest absolute Gasteiger partial charge is 0.257 e. The Labute approximate surface area is 112 Å². The molecule has 2 rings (SSSR count). The minimum atomic E-state index is -0.220. The van der Waals surface area contributed by atoms with Gasteiger partial charge in [0.1, 0.15) is 5.75 Å². The van der Waals surface area contributed by atoms with Crippen molar-refractivity contribution in [2.45, 2.75) is 6.92 Å². The molecule has 0 radical (unpaired) electrons. The van der Waals surface area contributed by atoms with E-state index in [1.165, 1.54) is 0 Å². The van der Waals surface area contributed by atoms with Crippen LogP contribution in [0.5, 0.6) is 5.75 Å². The first-order valence-corrected chi connectivity index (χ1v) is 6.09. The summed E-state index contributed by atoms with van der Waals surface area (Å²) in [7, 11) is 0. The van der Waals surface area contributed by atoms with E-state index in [1.807, 2.05) is 19.1 Å².